The number of aromatic nitrogens is 4. The van der Waals surface area contributed by atoms with E-state index in [1.165, 1.54) is 23.7 Å². The Balaban J connectivity index is 1.59. The highest BCUT2D eigenvalue weighted by Gasteiger charge is 2.27. The average molecular weight is 598 g/mol. The number of nitrogens with zero attached hydrogens (tertiary/aromatic N) is 6. The van der Waals surface area contributed by atoms with Crippen molar-refractivity contribution in [1.29, 1.82) is 0 Å². The normalized spacial score (nSPS) is 11.7. The van der Waals surface area contributed by atoms with E-state index in [-0.39, 0.29) is 33.1 Å². The van der Waals surface area contributed by atoms with Crippen LogP contribution < -0.4 is 22.5 Å². The molecule has 0 saturated heterocycles. The first kappa shape index (κ1) is 33.4. The van der Waals surface area contributed by atoms with Gasteiger partial charge in [0.2, 0.25) is 0 Å². The van der Waals surface area contributed by atoms with Crippen LogP contribution in [0.15, 0.2) is 55.6 Å². The summed E-state index contributed by atoms with van der Waals surface area (Å²) in [6.07, 6.45) is 3.63. The fourth-order valence-corrected chi connectivity index (χ4v) is 5.72. The summed E-state index contributed by atoms with van der Waals surface area (Å²) in [5, 5.41) is 11.5. The van der Waals surface area contributed by atoms with Crippen LogP contribution in [0.2, 0.25) is 0 Å². The Kier molecular flexibility index (Phi) is 11.6. The number of benzene rings is 1. The minimum Gasteiger partial charge on any atom is -0.320 e. The van der Waals surface area contributed by atoms with Gasteiger partial charge in [0.25, 0.3) is 16.8 Å². The van der Waals surface area contributed by atoms with Crippen molar-refractivity contribution in [2.75, 3.05) is 19.6 Å². The standard InChI is InChI=1S/C31H45N6O6/c1-6-37(7-2,23-26-15-9-10-16-27(26)36(42)43)20-14-8-11-19-35-29(39)22-25(4)34(31(35)41)18-13-12-17-33-24(3)21-28(38)32(5)30(33)40/h9-10,15-16,21-22H,6-8,11-14,17-20,23H2,1-5H3/q+1. The number of quaternary nitrogens is 1. The Morgan fingerprint density at radius 1 is 0.744 bits per heavy atom. The number of aryl methyl sites for hydroxylation is 2. The lowest BCUT2D eigenvalue weighted by molar-refractivity contribution is -0.938. The fourth-order valence-electron chi connectivity index (χ4n) is 5.72. The smallest absolute Gasteiger partial charge is 0.320 e. The molecule has 0 bridgehead atoms. The van der Waals surface area contributed by atoms with Crippen LogP contribution in [0.4, 0.5) is 5.69 Å². The summed E-state index contributed by atoms with van der Waals surface area (Å²) in [4.78, 5) is 61.4. The first-order valence-corrected chi connectivity index (χ1v) is 15.1. The summed E-state index contributed by atoms with van der Waals surface area (Å²) in [5.41, 5.74) is 0.754. The molecule has 2 aromatic heterocycles. The van der Waals surface area contributed by atoms with Gasteiger partial charge in [-0.25, -0.2) is 9.59 Å². The second-order valence-electron chi connectivity index (χ2n) is 11.3. The van der Waals surface area contributed by atoms with E-state index in [0.717, 1.165) is 47.1 Å². The maximum Gasteiger partial charge on any atom is 0.331 e. The van der Waals surface area contributed by atoms with Crippen molar-refractivity contribution < 1.29 is 9.41 Å². The van der Waals surface area contributed by atoms with Crippen LogP contribution in [0.25, 0.3) is 0 Å². The molecule has 1 aromatic carbocycles. The Hall–Kier alpha value is -4.06. The molecule has 3 aromatic rings. The fraction of sp³-hybridized carbons (Fsp3) is 0.548. The molecule has 0 radical (unpaired) electrons. The summed E-state index contributed by atoms with van der Waals surface area (Å²) >= 11 is 0. The van der Waals surface area contributed by atoms with Gasteiger partial charge in [-0.3, -0.25) is 38.0 Å². The van der Waals surface area contributed by atoms with Crippen LogP contribution in [0.5, 0.6) is 0 Å². The van der Waals surface area contributed by atoms with Gasteiger partial charge >= 0.3 is 11.4 Å². The summed E-state index contributed by atoms with van der Waals surface area (Å²) in [6.45, 7) is 12.0. The third kappa shape index (κ3) is 8.07. The number of unbranched alkanes of at least 4 members (excludes halogenated alkanes) is 3. The van der Waals surface area contributed by atoms with E-state index >= 15 is 0 Å². The largest absolute Gasteiger partial charge is 0.331 e. The molecule has 2 heterocycles. The van der Waals surface area contributed by atoms with E-state index in [1.807, 2.05) is 12.1 Å². The van der Waals surface area contributed by atoms with Crippen molar-refractivity contribution in [2.45, 2.75) is 86.0 Å². The lowest BCUT2D eigenvalue weighted by Crippen LogP contribution is -2.47. The van der Waals surface area contributed by atoms with Crippen LogP contribution in [0.3, 0.4) is 0 Å². The van der Waals surface area contributed by atoms with E-state index in [9.17, 15) is 29.3 Å². The Labute approximate surface area is 251 Å². The molecule has 0 aliphatic carbocycles. The van der Waals surface area contributed by atoms with E-state index in [2.05, 4.69) is 13.8 Å². The molecule has 0 unspecified atom stereocenters. The Morgan fingerprint density at radius 2 is 1.28 bits per heavy atom. The predicted octanol–water partition coefficient (Wildman–Crippen LogP) is 3.10. The van der Waals surface area contributed by atoms with Gasteiger partial charge in [-0.15, -0.1) is 0 Å². The van der Waals surface area contributed by atoms with E-state index in [4.69, 9.17) is 0 Å². The monoisotopic (exact) mass is 597 g/mol. The summed E-state index contributed by atoms with van der Waals surface area (Å²) in [5.74, 6) is 0. The van der Waals surface area contributed by atoms with Crippen molar-refractivity contribution in [3.8, 4) is 0 Å². The average Bonchev–Trinajstić information content (AvgIpc) is 2.97. The van der Waals surface area contributed by atoms with Crippen molar-refractivity contribution in [3.63, 3.8) is 0 Å². The molecule has 12 heteroatoms. The lowest BCUT2D eigenvalue weighted by atomic mass is 10.1. The second kappa shape index (κ2) is 14.9. The number of nitro benzene ring substituents is 1. The molecule has 0 aliphatic heterocycles. The van der Waals surface area contributed by atoms with Crippen molar-refractivity contribution >= 4 is 5.69 Å². The number of nitro groups is 1. The molecule has 12 nitrogen and oxygen atoms in total. The maximum absolute atomic E-state index is 13.2. The Morgan fingerprint density at radius 3 is 1.88 bits per heavy atom. The number of hydrogen-bond acceptors (Lipinski definition) is 6. The second-order valence-corrected chi connectivity index (χ2v) is 11.3. The van der Waals surface area contributed by atoms with Gasteiger partial charge in [-0.05, 0) is 65.9 Å². The zero-order chi connectivity index (χ0) is 31.7. The van der Waals surface area contributed by atoms with Crippen molar-refractivity contribution in [1.82, 2.24) is 18.3 Å². The van der Waals surface area contributed by atoms with Gasteiger partial charge in [-0.2, -0.15) is 0 Å². The van der Waals surface area contributed by atoms with Crippen molar-refractivity contribution in [3.05, 3.63) is 105 Å². The molecule has 43 heavy (non-hydrogen) atoms. The topological polar surface area (TPSA) is 131 Å². The van der Waals surface area contributed by atoms with Gasteiger partial charge in [-0.1, -0.05) is 12.1 Å². The summed E-state index contributed by atoms with van der Waals surface area (Å²) < 4.78 is 6.28. The first-order valence-electron chi connectivity index (χ1n) is 15.1. The van der Waals surface area contributed by atoms with Gasteiger partial charge in [0.15, 0.2) is 0 Å². The summed E-state index contributed by atoms with van der Waals surface area (Å²) in [6, 6.07) is 9.84. The van der Waals surface area contributed by atoms with Crippen LogP contribution in [-0.4, -0.2) is 47.3 Å². The minimum atomic E-state index is -0.359. The number of hydrogen-bond donors (Lipinski definition) is 0. The van der Waals surface area contributed by atoms with Gasteiger partial charge in [0.1, 0.15) is 6.54 Å². The molecule has 0 atom stereocenters. The zero-order valence-corrected chi connectivity index (χ0v) is 26.1. The van der Waals surface area contributed by atoms with E-state index < -0.39 is 0 Å². The maximum atomic E-state index is 13.2. The van der Waals surface area contributed by atoms with Crippen LogP contribution in [-0.2, 0) is 33.2 Å². The number of rotatable bonds is 16. The first-order chi connectivity index (χ1) is 20.4. The van der Waals surface area contributed by atoms with Gasteiger partial charge < -0.3 is 4.48 Å². The SMILES string of the molecule is CC[N+](CC)(CCCCCn1c(=O)cc(C)n(CCCCn2c(C)cc(=O)n(C)c2=O)c1=O)Cc1ccccc1[N+](=O)[O-]. The molecule has 0 saturated carbocycles. The third-order valence-electron chi connectivity index (χ3n) is 8.66. The lowest BCUT2D eigenvalue weighted by Gasteiger charge is -2.37. The van der Waals surface area contributed by atoms with Crippen molar-refractivity contribution in [2.24, 2.45) is 7.05 Å². The van der Waals surface area contributed by atoms with E-state index in [0.29, 0.717) is 56.8 Å². The predicted molar refractivity (Wildman–Crippen MR) is 166 cm³/mol. The minimum absolute atomic E-state index is 0.151. The van der Waals surface area contributed by atoms with Crippen LogP contribution >= 0.6 is 0 Å². The van der Waals surface area contributed by atoms with Gasteiger partial charge in [0, 0.05) is 56.3 Å². The van der Waals surface area contributed by atoms with E-state index in [1.54, 1.807) is 35.1 Å². The zero-order valence-electron chi connectivity index (χ0n) is 26.1. The summed E-state index contributed by atoms with van der Waals surface area (Å²) in [7, 11) is 1.45. The number of para-hydroxylation sites is 1. The molecule has 0 fully saturated rings. The molecule has 0 amide bonds. The molecule has 3 rings (SSSR count). The third-order valence-corrected chi connectivity index (χ3v) is 8.66. The van der Waals surface area contributed by atoms with Crippen LogP contribution in [0, 0.1) is 24.0 Å². The highest BCUT2D eigenvalue weighted by Crippen LogP contribution is 2.24. The highest BCUT2D eigenvalue weighted by atomic mass is 16.6. The molecular formula is C31H45N6O6+. The van der Waals surface area contributed by atoms with Gasteiger partial charge in [0.05, 0.1) is 30.1 Å². The molecular weight excluding hydrogens is 552 g/mol. The molecule has 0 spiro atoms. The Bertz CT molecular complexity index is 1660. The highest BCUT2D eigenvalue weighted by molar-refractivity contribution is 5.39. The molecule has 234 valence electrons. The molecule has 0 aliphatic rings. The molecule has 0 N–H and O–H groups in total. The quantitative estimate of drug-likeness (QED) is 0.108. The van der Waals surface area contributed by atoms with Crippen LogP contribution in [0.1, 0.15) is 62.9 Å².